The van der Waals surface area contributed by atoms with Crippen molar-refractivity contribution in [3.8, 4) is 5.75 Å². The van der Waals surface area contributed by atoms with E-state index < -0.39 is 11.7 Å². The number of nitrogens with two attached hydrogens (primary N) is 1. The van der Waals surface area contributed by atoms with E-state index in [0.29, 0.717) is 30.2 Å². The third-order valence-corrected chi connectivity index (χ3v) is 5.08. The summed E-state index contributed by atoms with van der Waals surface area (Å²) in [5.74, 6) is -0.722. The summed E-state index contributed by atoms with van der Waals surface area (Å²) in [5.41, 5.74) is 6.48. The predicted molar refractivity (Wildman–Crippen MR) is 87.2 cm³/mol. The van der Waals surface area contributed by atoms with Gasteiger partial charge in [-0.1, -0.05) is 19.8 Å². The van der Waals surface area contributed by atoms with E-state index in [0.717, 1.165) is 13.0 Å². The van der Waals surface area contributed by atoms with Gasteiger partial charge >= 0.3 is 0 Å². The summed E-state index contributed by atoms with van der Waals surface area (Å²) in [6, 6.07) is 3.50. The normalized spacial score (nSPS) is 21.3. The summed E-state index contributed by atoms with van der Waals surface area (Å²) in [6.07, 6.45) is 6.68. The highest BCUT2D eigenvalue weighted by Crippen LogP contribution is 2.34. The van der Waals surface area contributed by atoms with Crippen LogP contribution in [0, 0.1) is 5.82 Å². The van der Waals surface area contributed by atoms with Gasteiger partial charge in [-0.3, -0.25) is 9.69 Å². The van der Waals surface area contributed by atoms with Crippen molar-refractivity contribution >= 4 is 5.91 Å². The number of benzene rings is 1. The number of halogens is 1. The van der Waals surface area contributed by atoms with Gasteiger partial charge in [0.2, 0.25) is 5.91 Å². The molecule has 0 radical (unpaired) electrons. The van der Waals surface area contributed by atoms with Crippen LogP contribution in [0.2, 0.25) is 0 Å². The SMILES string of the molecule is CCCN(C1CCCC1)[C@H]1COc2c(F)ccc(C(N)=O)c2C1. The second kappa shape index (κ2) is 6.87. The minimum atomic E-state index is -0.520. The summed E-state index contributed by atoms with van der Waals surface area (Å²) in [7, 11) is 0. The molecule has 4 nitrogen and oxygen atoms in total. The summed E-state index contributed by atoms with van der Waals surface area (Å²) >= 11 is 0. The van der Waals surface area contributed by atoms with Crippen LogP contribution in [-0.4, -0.2) is 36.0 Å². The molecule has 1 amide bonds. The number of ether oxygens (including phenoxy) is 1. The zero-order chi connectivity index (χ0) is 16.4. The van der Waals surface area contributed by atoms with Gasteiger partial charge in [0.05, 0.1) is 0 Å². The molecule has 126 valence electrons. The van der Waals surface area contributed by atoms with Gasteiger partial charge in [-0.05, 0) is 44.4 Å². The van der Waals surface area contributed by atoms with E-state index in [4.69, 9.17) is 10.5 Å². The average molecular weight is 320 g/mol. The molecular formula is C18H25FN2O2. The molecule has 1 aliphatic heterocycles. The van der Waals surface area contributed by atoms with E-state index in [1.165, 1.54) is 37.8 Å². The molecule has 1 saturated carbocycles. The molecule has 1 fully saturated rings. The smallest absolute Gasteiger partial charge is 0.249 e. The standard InChI is InChI=1S/C18H25FN2O2/c1-2-9-21(12-5-3-4-6-12)13-10-15-14(18(20)22)7-8-16(19)17(15)23-11-13/h7-8,12-13H,2-6,9-11H2,1H3,(H2,20,22)/t13-/m1/s1. The fourth-order valence-corrected chi connectivity index (χ4v) is 4.03. The summed E-state index contributed by atoms with van der Waals surface area (Å²) in [6.45, 7) is 3.66. The lowest BCUT2D eigenvalue weighted by Gasteiger charge is -2.39. The molecule has 3 rings (SSSR count). The highest BCUT2D eigenvalue weighted by molar-refractivity contribution is 5.95. The lowest BCUT2D eigenvalue weighted by molar-refractivity contribution is 0.0784. The minimum absolute atomic E-state index is 0.186. The van der Waals surface area contributed by atoms with Gasteiger partial charge in [0.15, 0.2) is 11.6 Å². The largest absolute Gasteiger partial charge is 0.489 e. The van der Waals surface area contributed by atoms with Crippen LogP contribution < -0.4 is 10.5 Å². The lowest BCUT2D eigenvalue weighted by atomic mass is 9.94. The zero-order valence-electron chi connectivity index (χ0n) is 13.7. The van der Waals surface area contributed by atoms with E-state index >= 15 is 0 Å². The molecule has 5 heteroatoms. The molecule has 0 bridgehead atoms. The molecule has 1 aromatic carbocycles. The molecular weight excluding hydrogens is 295 g/mol. The van der Waals surface area contributed by atoms with Crippen LogP contribution in [0.15, 0.2) is 12.1 Å². The third kappa shape index (κ3) is 3.20. The van der Waals surface area contributed by atoms with E-state index in [2.05, 4.69) is 11.8 Å². The first-order chi connectivity index (χ1) is 11.1. The highest BCUT2D eigenvalue weighted by Gasteiger charge is 2.34. The van der Waals surface area contributed by atoms with Gasteiger partial charge in [-0.2, -0.15) is 0 Å². The zero-order valence-corrected chi connectivity index (χ0v) is 13.7. The molecule has 0 unspecified atom stereocenters. The molecule has 1 aliphatic carbocycles. The second-order valence-corrected chi connectivity index (χ2v) is 6.61. The van der Waals surface area contributed by atoms with Crippen LogP contribution in [0.4, 0.5) is 4.39 Å². The molecule has 1 heterocycles. The third-order valence-electron chi connectivity index (χ3n) is 5.08. The molecule has 1 atom stereocenters. The second-order valence-electron chi connectivity index (χ2n) is 6.61. The quantitative estimate of drug-likeness (QED) is 0.907. The fourth-order valence-electron chi connectivity index (χ4n) is 4.03. The van der Waals surface area contributed by atoms with Gasteiger partial charge in [-0.15, -0.1) is 0 Å². The Morgan fingerprint density at radius 3 is 2.74 bits per heavy atom. The van der Waals surface area contributed by atoms with Gasteiger partial charge in [0.1, 0.15) is 6.61 Å². The number of primary amides is 1. The number of nitrogens with zero attached hydrogens (tertiary/aromatic N) is 1. The monoisotopic (exact) mass is 320 g/mol. The van der Waals surface area contributed by atoms with Gasteiger partial charge in [-0.25, -0.2) is 4.39 Å². The van der Waals surface area contributed by atoms with Gasteiger partial charge in [0.25, 0.3) is 0 Å². The number of carbonyl (C=O) groups excluding carboxylic acids is 1. The number of hydrogen-bond donors (Lipinski definition) is 1. The molecule has 23 heavy (non-hydrogen) atoms. The van der Waals surface area contributed by atoms with E-state index in [-0.39, 0.29) is 11.8 Å². The Hall–Kier alpha value is -1.62. The van der Waals surface area contributed by atoms with Crippen molar-refractivity contribution < 1.29 is 13.9 Å². The van der Waals surface area contributed by atoms with E-state index in [1.807, 2.05) is 0 Å². The van der Waals surface area contributed by atoms with Crippen LogP contribution in [0.3, 0.4) is 0 Å². The van der Waals surface area contributed by atoms with Crippen LogP contribution in [0.5, 0.6) is 5.75 Å². The highest BCUT2D eigenvalue weighted by atomic mass is 19.1. The average Bonchev–Trinajstić information content (AvgIpc) is 3.06. The minimum Gasteiger partial charge on any atom is -0.489 e. The van der Waals surface area contributed by atoms with Crippen molar-refractivity contribution in [2.75, 3.05) is 13.2 Å². The molecule has 0 saturated heterocycles. The first-order valence-electron chi connectivity index (χ1n) is 8.61. The Morgan fingerprint density at radius 1 is 1.35 bits per heavy atom. The Balaban J connectivity index is 1.88. The van der Waals surface area contributed by atoms with Crippen molar-refractivity contribution in [1.82, 2.24) is 4.90 Å². The fraction of sp³-hybridized carbons (Fsp3) is 0.611. The summed E-state index contributed by atoms with van der Waals surface area (Å²) in [4.78, 5) is 14.2. The Morgan fingerprint density at radius 2 is 2.09 bits per heavy atom. The molecule has 2 N–H and O–H groups in total. The maximum atomic E-state index is 14.0. The Labute approximate surface area is 136 Å². The van der Waals surface area contributed by atoms with Crippen molar-refractivity contribution in [1.29, 1.82) is 0 Å². The maximum Gasteiger partial charge on any atom is 0.249 e. The number of fused-ring (bicyclic) bond motifs is 1. The summed E-state index contributed by atoms with van der Waals surface area (Å²) < 4.78 is 19.7. The number of rotatable bonds is 5. The number of amides is 1. The number of hydrogen-bond acceptors (Lipinski definition) is 3. The molecule has 2 aliphatic rings. The molecule has 1 aromatic rings. The van der Waals surface area contributed by atoms with Crippen LogP contribution in [-0.2, 0) is 6.42 Å². The topological polar surface area (TPSA) is 55.6 Å². The van der Waals surface area contributed by atoms with Crippen LogP contribution in [0.25, 0.3) is 0 Å². The van der Waals surface area contributed by atoms with E-state index in [9.17, 15) is 9.18 Å². The lowest BCUT2D eigenvalue weighted by Crippen LogP contribution is -2.48. The van der Waals surface area contributed by atoms with Crippen molar-refractivity contribution in [3.05, 3.63) is 29.1 Å². The van der Waals surface area contributed by atoms with E-state index in [1.54, 1.807) is 0 Å². The van der Waals surface area contributed by atoms with Crippen molar-refractivity contribution in [2.24, 2.45) is 5.73 Å². The van der Waals surface area contributed by atoms with Crippen molar-refractivity contribution in [2.45, 2.75) is 57.5 Å². The number of carbonyl (C=O) groups is 1. The first kappa shape index (κ1) is 16.2. The van der Waals surface area contributed by atoms with Crippen LogP contribution in [0.1, 0.15) is 54.9 Å². The summed E-state index contributed by atoms with van der Waals surface area (Å²) in [5, 5.41) is 0. The molecule has 0 aromatic heterocycles. The maximum absolute atomic E-state index is 14.0. The van der Waals surface area contributed by atoms with Gasteiger partial charge < -0.3 is 10.5 Å². The predicted octanol–water partition coefficient (Wildman–Crippen LogP) is 2.88. The van der Waals surface area contributed by atoms with Gasteiger partial charge in [0, 0.05) is 23.2 Å². The molecule has 0 spiro atoms. The Kier molecular flexibility index (Phi) is 4.85. The first-order valence-corrected chi connectivity index (χ1v) is 8.61. The van der Waals surface area contributed by atoms with Crippen LogP contribution >= 0.6 is 0 Å². The van der Waals surface area contributed by atoms with Crippen molar-refractivity contribution in [3.63, 3.8) is 0 Å². The Bertz CT molecular complexity index is 585.